The van der Waals surface area contributed by atoms with Crippen molar-refractivity contribution >= 4 is 11.9 Å². The van der Waals surface area contributed by atoms with Crippen molar-refractivity contribution in [1.29, 1.82) is 0 Å². The van der Waals surface area contributed by atoms with E-state index in [-0.39, 0.29) is 11.9 Å². The predicted molar refractivity (Wildman–Crippen MR) is 374 cm³/mol. The van der Waals surface area contributed by atoms with Gasteiger partial charge in [-0.1, -0.05) is 317 Å². The second kappa shape index (κ2) is 68.7. The molecule has 0 unspecified atom stereocenters. The van der Waals surface area contributed by atoms with Gasteiger partial charge in [-0.15, -0.1) is 0 Å². The maximum Gasteiger partial charge on any atom is 0.307 e. The Morgan fingerprint density at radius 3 is 0.718 bits per heavy atom. The van der Waals surface area contributed by atoms with Gasteiger partial charge in [0.15, 0.2) is 0 Å². The van der Waals surface area contributed by atoms with E-state index in [0.29, 0.717) is 26.1 Å². The number of esters is 2. The molecule has 85 heavy (non-hydrogen) atoms. The highest BCUT2D eigenvalue weighted by molar-refractivity contribution is 5.69. The van der Waals surface area contributed by atoms with Crippen molar-refractivity contribution in [1.82, 2.24) is 19.6 Å². The van der Waals surface area contributed by atoms with Crippen LogP contribution < -0.4 is 0 Å². The summed E-state index contributed by atoms with van der Waals surface area (Å²) in [4.78, 5) is 36.1. The van der Waals surface area contributed by atoms with Crippen molar-refractivity contribution in [3.63, 3.8) is 0 Å². The quantitative estimate of drug-likeness (QED) is 0.0441. The molecule has 506 valence electrons. The van der Waals surface area contributed by atoms with Gasteiger partial charge in [0.2, 0.25) is 0 Å². The topological polar surface area (TPSA) is 65.6 Å². The molecule has 1 aliphatic heterocycles. The number of piperazine rings is 1. The second-order valence-corrected chi connectivity index (χ2v) is 27.3. The van der Waals surface area contributed by atoms with Gasteiger partial charge >= 0.3 is 11.9 Å². The van der Waals surface area contributed by atoms with Crippen LogP contribution in [0.25, 0.3) is 0 Å². The minimum Gasteiger partial charge on any atom is -0.466 e. The second-order valence-electron chi connectivity index (χ2n) is 27.3. The van der Waals surface area contributed by atoms with Gasteiger partial charge in [-0.3, -0.25) is 9.59 Å². The summed E-state index contributed by atoms with van der Waals surface area (Å²) in [6.45, 7) is 23.8. The van der Waals surface area contributed by atoms with E-state index >= 15 is 0 Å². The largest absolute Gasteiger partial charge is 0.466 e. The summed E-state index contributed by atoms with van der Waals surface area (Å²) >= 11 is 0. The highest BCUT2D eigenvalue weighted by Gasteiger charge is 2.17. The Bertz CT molecular complexity index is 1250. The molecule has 8 heteroatoms. The maximum atomic E-state index is 12.9. The van der Waals surface area contributed by atoms with Crippen molar-refractivity contribution in [2.45, 2.75) is 394 Å². The van der Waals surface area contributed by atoms with Crippen LogP contribution in [0.15, 0.2) is 0 Å². The Morgan fingerprint density at radius 2 is 0.459 bits per heavy atom. The summed E-state index contributed by atoms with van der Waals surface area (Å²) in [6, 6.07) is 0. The highest BCUT2D eigenvalue weighted by atomic mass is 16.5. The van der Waals surface area contributed by atoms with Gasteiger partial charge in [0.05, 0.1) is 19.6 Å². The Balaban J connectivity index is 2.22. The molecule has 0 bridgehead atoms. The number of hydrogen-bond donors (Lipinski definition) is 0. The Kier molecular flexibility index (Phi) is 66.1. The summed E-state index contributed by atoms with van der Waals surface area (Å²) < 4.78 is 11.5. The first-order valence-corrected chi connectivity index (χ1v) is 39.2. The number of ether oxygens (including phenoxy) is 2. The molecule has 1 aliphatic rings. The molecular weight excluding hydrogens is 1040 g/mol. The lowest BCUT2D eigenvalue weighted by molar-refractivity contribution is -0.145. The molecule has 0 saturated carbocycles. The molecule has 0 radical (unpaired) electrons. The van der Waals surface area contributed by atoms with Gasteiger partial charge in [0, 0.05) is 39.1 Å². The van der Waals surface area contributed by atoms with Gasteiger partial charge in [0.1, 0.15) is 0 Å². The summed E-state index contributed by atoms with van der Waals surface area (Å²) in [5, 5.41) is 0. The summed E-state index contributed by atoms with van der Waals surface area (Å²) in [5.41, 5.74) is 0. The fourth-order valence-corrected chi connectivity index (χ4v) is 13.0. The molecule has 1 saturated heterocycles. The van der Waals surface area contributed by atoms with Crippen molar-refractivity contribution in [2.75, 3.05) is 91.8 Å². The highest BCUT2D eigenvalue weighted by Crippen LogP contribution is 2.18. The van der Waals surface area contributed by atoms with Gasteiger partial charge in [-0.25, -0.2) is 0 Å². The average Bonchev–Trinajstić information content (AvgIpc) is 3.54. The third-order valence-corrected chi connectivity index (χ3v) is 19.0. The Labute approximate surface area is 533 Å². The molecule has 0 spiro atoms. The molecule has 0 atom stereocenters. The number of unbranched alkanes of at least 4 members (excludes halogenated alkanes) is 48. The third kappa shape index (κ3) is 61.4. The molecule has 1 rings (SSSR count). The minimum absolute atomic E-state index is 0.000284. The monoisotopic (exact) mass is 1200 g/mol. The van der Waals surface area contributed by atoms with Crippen LogP contribution in [0, 0.1) is 0 Å². The third-order valence-electron chi connectivity index (χ3n) is 19.0. The van der Waals surface area contributed by atoms with Crippen LogP contribution in [0.4, 0.5) is 0 Å². The van der Waals surface area contributed by atoms with Gasteiger partial charge in [0.25, 0.3) is 0 Å². The van der Waals surface area contributed by atoms with Crippen molar-refractivity contribution < 1.29 is 19.1 Å². The smallest absolute Gasteiger partial charge is 0.307 e. The molecule has 1 heterocycles. The van der Waals surface area contributed by atoms with Crippen LogP contribution in [-0.4, -0.2) is 123 Å². The molecule has 0 aromatic carbocycles. The molecule has 0 amide bonds. The van der Waals surface area contributed by atoms with E-state index in [9.17, 15) is 9.59 Å². The van der Waals surface area contributed by atoms with E-state index in [2.05, 4.69) is 47.3 Å². The van der Waals surface area contributed by atoms with Crippen molar-refractivity contribution in [3.05, 3.63) is 0 Å². The molecule has 1 fully saturated rings. The van der Waals surface area contributed by atoms with Crippen LogP contribution in [0.3, 0.4) is 0 Å². The summed E-state index contributed by atoms with van der Waals surface area (Å²) in [7, 11) is 0. The van der Waals surface area contributed by atoms with Crippen LogP contribution in [0.5, 0.6) is 0 Å². The van der Waals surface area contributed by atoms with Gasteiger partial charge < -0.3 is 29.1 Å². The number of carbonyl (C=O) groups is 2. The molecule has 0 aromatic heterocycles. The van der Waals surface area contributed by atoms with Crippen LogP contribution in [0.1, 0.15) is 394 Å². The molecular formula is C77H154N4O4. The average molecular weight is 1200 g/mol. The lowest BCUT2D eigenvalue weighted by atomic mass is 10.0. The number of nitrogens with zero attached hydrogens (tertiary/aromatic N) is 4. The van der Waals surface area contributed by atoms with Crippen LogP contribution in [0.2, 0.25) is 0 Å². The fraction of sp³-hybridized carbons (Fsp3) is 0.974. The molecule has 0 aromatic rings. The van der Waals surface area contributed by atoms with E-state index < -0.39 is 0 Å². The lowest BCUT2D eigenvalue weighted by Crippen LogP contribution is -2.46. The van der Waals surface area contributed by atoms with E-state index in [4.69, 9.17) is 9.47 Å². The fourth-order valence-electron chi connectivity index (χ4n) is 13.0. The molecule has 0 N–H and O–H groups in total. The zero-order valence-electron chi connectivity index (χ0n) is 58.6. The molecule has 0 aliphatic carbocycles. The Morgan fingerprint density at radius 1 is 0.247 bits per heavy atom. The number of rotatable bonds is 71. The van der Waals surface area contributed by atoms with Crippen molar-refractivity contribution in [3.8, 4) is 0 Å². The zero-order valence-corrected chi connectivity index (χ0v) is 58.6. The van der Waals surface area contributed by atoms with Gasteiger partial charge in [-0.05, 0) is 110 Å². The predicted octanol–water partition coefficient (Wildman–Crippen LogP) is 22.6. The van der Waals surface area contributed by atoms with E-state index in [1.807, 2.05) is 0 Å². The Hall–Kier alpha value is -1.22. The first kappa shape index (κ1) is 81.8. The van der Waals surface area contributed by atoms with E-state index in [1.165, 1.54) is 334 Å². The van der Waals surface area contributed by atoms with Crippen LogP contribution in [-0.2, 0) is 19.1 Å². The maximum absolute atomic E-state index is 12.9. The summed E-state index contributed by atoms with van der Waals surface area (Å²) in [6.07, 6.45) is 75.5. The first-order chi connectivity index (χ1) is 42.0. The normalized spacial score (nSPS) is 13.3. The SMILES string of the molecule is CCCCCCCCCCCCCCN(CCCCCCCCCCCCCC)CCCCCC(=O)OCCCCN1CCN(CCCCOC(=O)CCN(CCCCCCCCCCCCCC)CCCCCCCCCCCCCC)CC1. The standard InChI is InChI=1S/C77H154N4O4/c1-5-9-13-17-21-25-29-33-37-41-45-51-62-78(63-52-46-42-38-34-30-26-22-18-14-10-6-2)64-55-49-50-60-76(82)84-74-58-56-67-80-70-72-81(73-71-80)68-57-59-75-85-77(83)61-69-79(65-53-47-43-39-35-31-27-23-19-15-11-7-3)66-54-48-44-40-36-32-28-24-20-16-12-8-4/h5-75H2,1-4H3. The minimum atomic E-state index is -0.00922. The lowest BCUT2D eigenvalue weighted by Gasteiger charge is -2.34. The van der Waals surface area contributed by atoms with Crippen molar-refractivity contribution in [2.24, 2.45) is 0 Å². The van der Waals surface area contributed by atoms with E-state index in [1.54, 1.807) is 0 Å². The first-order valence-electron chi connectivity index (χ1n) is 39.2. The number of hydrogen-bond acceptors (Lipinski definition) is 8. The summed E-state index contributed by atoms with van der Waals surface area (Å²) in [5.74, 6) is -0.00893. The van der Waals surface area contributed by atoms with Gasteiger partial charge in [-0.2, -0.15) is 0 Å². The van der Waals surface area contributed by atoms with E-state index in [0.717, 1.165) is 97.4 Å². The zero-order chi connectivity index (χ0) is 61.1. The molecule has 8 nitrogen and oxygen atoms in total. The van der Waals surface area contributed by atoms with Crippen LogP contribution >= 0.6 is 0 Å². The number of carbonyl (C=O) groups excluding carboxylic acids is 2.